The number of benzene rings is 1. The molecule has 6 heteroatoms. The standard InChI is InChI=1S/C18H16BrN3OS/c1-12(14-6-2-3-7-15(14)19)21-17(23)10-13-11-24-18(22-13)16-8-4-5-9-20-16/h2-9,11-12H,10H2,1H3,(H,21,23). The molecule has 1 aromatic carbocycles. The molecule has 2 heterocycles. The van der Waals surface area contributed by atoms with Crippen LogP contribution < -0.4 is 5.32 Å². The molecule has 0 aliphatic carbocycles. The van der Waals surface area contributed by atoms with Crippen LogP contribution >= 0.6 is 27.3 Å². The van der Waals surface area contributed by atoms with Gasteiger partial charge in [0.05, 0.1) is 23.9 Å². The van der Waals surface area contributed by atoms with E-state index in [9.17, 15) is 4.79 Å². The molecule has 0 bridgehead atoms. The molecule has 0 saturated carbocycles. The second kappa shape index (κ2) is 7.68. The average molecular weight is 402 g/mol. The number of nitrogens with zero attached hydrogens (tertiary/aromatic N) is 2. The van der Waals surface area contributed by atoms with E-state index in [1.165, 1.54) is 11.3 Å². The fourth-order valence-electron chi connectivity index (χ4n) is 2.36. The molecule has 0 aliphatic heterocycles. The van der Waals surface area contributed by atoms with Crippen LogP contribution in [-0.2, 0) is 11.2 Å². The van der Waals surface area contributed by atoms with Crippen LogP contribution in [0.25, 0.3) is 10.7 Å². The van der Waals surface area contributed by atoms with Crippen molar-refractivity contribution in [1.29, 1.82) is 0 Å². The first-order chi connectivity index (χ1) is 11.6. The summed E-state index contributed by atoms with van der Waals surface area (Å²) in [5.41, 5.74) is 2.64. The van der Waals surface area contributed by atoms with E-state index >= 15 is 0 Å². The van der Waals surface area contributed by atoms with Crippen molar-refractivity contribution in [1.82, 2.24) is 15.3 Å². The molecule has 1 atom stereocenters. The zero-order valence-electron chi connectivity index (χ0n) is 13.1. The topological polar surface area (TPSA) is 54.9 Å². The SMILES string of the molecule is CC(NC(=O)Cc1csc(-c2ccccn2)n1)c1ccccc1Br. The quantitative estimate of drug-likeness (QED) is 0.689. The van der Waals surface area contributed by atoms with Gasteiger partial charge in [0.15, 0.2) is 0 Å². The molecule has 2 aromatic heterocycles. The van der Waals surface area contributed by atoms with Gasteiger partial charge in [0.1, 0.15) is 5.01 Å². The van der Waals surface area contributed by atoms with Gasteiger partial charge in [-0.1, -0.05) is 40.2 Å². The van der Waals surface area contributed by atoms with Gasteiger partial charge in [0.25, 0.3) is 0 Å². The summed E-state index contributed by atoms with van der Waals surface area (Å²) < 4.78 is 0.990. The van der Waals surface area contributed by atoms with Gasteiger partial charge in [0.2, 0.25) is 5.91 Å². The van der Waals surface area contributed by atoms with Crippen LogP contribution in [0.2, 0.25) is 0 Å². The molecule has 0 fully saturated rings. The maximum absolute atomic E-state index is 12.3. The highest BCUT2D eigenvalue weighted by atomic mass is 79.9. The van der Waals surface area contributed by atoms with Gasteiger partial charge in [-0.3, -0.25) is 9.78 Å². The number of amides is 1. The first-order valence-electron chi connectivity index (χ1n) is 7.53. The minimum absolute atomic E-state index is 0.0453. The van der Waals surface area contributed by atoms with Crippen LogP contribution in [0.4, 0.5) is 0 Å². The number of thiazole rings is 1. The third kappa shape index (κ3) is 4.07. The number of pyridine rings is 1. The van der Waals surface area contributed by atoms with Crippen molar-refractivity contribution in [2.75, 3.05) is 0 Å². The molecule has 1 amide bonds. The van der Waals surface area contributed by atoms with Crippen LogP contribution in [0.15, 0.2) is 58.5 Å². The highest BCUT2D eigenvalue weighted by Crippen LogP contribution is 2.24. The predicted molar refractivity (Wildman–Crippen MR) is 99.7 cm³/mol. The fourth-order valence-corrected chi connectivity index (χ4v) is 3.78. The Kier molecular flexibility index (Phi) is 5.37. The van der Waals surface area contributed by atoms with E-state index in [1.807, 2.05) is 54.8 Å². The molecule has 3 aromatic rings. The van der Waals surface area contributed by atoms with Gasteiger partial charge < -0.3 is 5.32 Å². The minimum atomic E-state index is -0.0676. The first kappa shape index (κ1) is 16.8. The maximum Gasteiger partial charge on any atom is 0.226 e. The molecule has 24 heavy (non-hydrogen) atoms. The van der Waals surface area contributed by atoms with Crippen LogP contribution in [0.5, 0.6) is 0 Å². The Morgan fingerprint density at radius 3 is 2.79 bits per heavy atom. The summed E-state index contributed by atoms with van der Waals surface area (Å²) in [6, 6.07) is 13.5. The molecule has 0 aliphatic rings. The van der Waals surface area contributed by atoms with E-state index in [1.54, 1.807) is 6.20 Å². The number of nitrogens with one attached hydrogen (secondary N) is 1. The monoisotopic (exact) mass is 401 g/mol. The highest BCUT2D eigenvalue weighted by molar-refractivity contribution is 9.10. The van der Waals surface area contributed by atoms with E-state index < -0.39 is 0 Å². The summed E-state index contributed by atoms with van der Waals surface area (Å²) in [6.07, 6.45) is 2.00. The van der Waals surface area contributed by atoms with Gasteiger partial charge in [-0.15, -0.1) is 11.3 Å². The second-order valence-corrected chi connectivity index (χ2v) is 7.06. The van der Waals surface area contributed by atoms with Crippen molar-refractivity contribution in [2.45, 2.75) is 19.4 Å². The largest absolute Gasteiger partial charge is 0.349 e. The normalized spacial score (nSPS) is 11.9. The summed E-state index contributed by atoms with van der Waals surface area (Å²) in [4.78, 5) is 21.1. The molecule has 0 spiro atoms. The number of carbonyl (C=O) groups is 1. The van der Waals surface area contributed by atoms with Gasteiger partial charge in [-0.05, 0) is 30.7 Å². The lowest BCUT2D eigenvalue weighted by molar-refractivity contribution is -0.121. The lowest BCUT2D eigenvalue weighted by Crippen LogP contribution is -2.28. The van der Waals surface area contributed by atoms with Crippen LogP contribution in [0, 0.1) is 0 Å². The number of aromatic nitrogens is 2. The van der Waals surface area contributed by atoms with Crippen LogP contribution in [0.1, 0.15) is 24.2 Å². The van der Waals surface area contributed by atoms with Crippen LogP contribution in [0.3, 0.4) is 0 Å². The summed E-state index contributed by atoms with van der Waals surface area (Å²) in [5.74, 6) is -0.0453. The lowest BCUT2D eigenvalue weighted by Gasteiger charge is -2.15. The molecule has 4 nitrogen and oxygen atoms in total. The Bertz CT molecular complexity index is 835. The molecular weight excluding hydrogens is 386 g/mol. The van der Waals surface area contributed by atoms with Crippen molar-refractivity contribution in [3.8, 4) is 10.7 Å². The number of hydrogen-bond acceptors (Lipinski definition) is 4. The van der Waals surface area contributed by atoms with Gasteiger partial charge in [0, 0.05) is 16.0 Å². The molecule has 1 unspecified atom stereocenters. The zero-order chi connectivity index (χ0) is 16.9. The summed E-state index contributed by atoms with van der Waals surface area (Å²) in [5, 5.41) is 5.75. The third-order valence-electron chi connectivity index (χ3n) is 3.53. The summed E-state index contributed by atoms with van der Waals surface area (Å²) in [6.45, 7) is 1.97. The summed E-state index contributed by atoms with van der Waals surface area (Å²) >= 11 is 5.02. The third-order valence-corrected chi connectivity index (χ3v) is 5.16. The average Bonchev–Trinajstić information content (AvgIpc) is 3.04. The molecule has 0 radical (unpaired) electrons. The number of rotatable bonds is 5. The molecule has 0 saturated heterocycles. The lowest BCUT2D eigenvalue weighted by atomic mass is 10.1. The van der Waals surface area contributed by atoms with Crippen molar-refractivity contribution < 1.29 is 4.79 Å². The smallest absolute Gasteiger partial charge is 0.226 e. The molecule has 3 rings (SSSR count). The van der Waals surface area contributed by atoms with Gasteiger partial charge in [-0.2, -0.15) is 0 Å². The zero-order valence-corrected chi connectivity index (χ0v) is 15.5. The Hall–Kier alpha value is -2.05. The van der Waals surface area contributed by atoms with Gasteiger partial charge >= 0.3 is 0 Å². The molecule has 1 N–H and O–H groups in total. The van der Waals surface area contributed by atoms with E-state index in [0.29, 0.717) is 0 Å². The molecule has 122 valence electrons. The maximum atomic E-state index is 12.3. The summed E-state index contributed by atoms with van der Waals surface area (Å²) in [7, 11) is 0. The first-order valence-corrected chi connectivity index (χ1v) is 9.20. The number of halogens is 1. The minimum Gasteiger partial charge on any atom is -0.349 e. The molecular formula is C18H16BrN3OS. The van der Waals surface area contributed by atoms with Gasteiger partial charge in [-0.25, -0.2) is 4.98 Å². The van der Waals surface area contributed by atoms with E-state index in [0.717, 1.165) is 26.4 Å². The van der Waals surface area contributed by atoms with Crippen molar-refractivity contribution in [3.05, 3.63) is 69.8 Å². The van der Waals surface area contributed by atoms with Crippen molar-refractivity contribution in [3.63, 3.8) is 0 Å². The Morgan fingerprint density at radius 2 is 2.04 bits per heavy atom. The van der Waals surface area contributed by atoms with Crippen molar-refractivity contribution >= 4 is 33.2 Å². The van der Waals surface area contributed by atoms with E-state index in [2.05, 4.69) is 31.2 Å². The number of hydrogen-bond donors (Lipinski definition) is 1. The fraction of sp³-hybridized carbons (Fsp3) is 0.167. The second-order valence-electron chi connectivity index (χ2n) is 5.35. The van der Waals surface area contributed by atoms with Crippen molar-refractivity contribution in [2.24, 2.45) is 0 Å². The van der Waals surface area contributed by atoms with E-state index in [-0.39, 0.29) is 18.4 Å². The Labute approximate surface area is 153 Å². The Balaban J connectivity index is 1.63. The Morgan fingerprint density at radius 1 is 1.25 bits per heavy atom. The predicted octanol–water partition coefficient (Wildman–Crippen LogP) is 4.39. The highest BCUT2D eigenvalue weighted by Gasteiger charge is 2.14. The van der Waals surface area contributed by atoms with E-state index in [4.69, 9.17) is 0 Å². The number of carbonyl (C=O) groups excluding carboxylic acids is 1. The van der Waals surface area contributed by atoms with Crippen LogP contribution in [-0.4, -0.2) is 15.9 Å².